The highest BCUT2D eigenvalue weighted by Gasteiger charge is 2.39. The zero-order valence-electron chi connectivity index (χ0n) is 38.6. The lowest BCUT2D eigenvalue weighted by molar-refractivity contribution is -0.161. The molecule has 1 saturated carbocycles. The SMILES string of the molecule is CCCCC/C=C\C/C=C\CCCCCCCCCC(=O)OC[C@H](COP(=O)(O)OC[C@@H](O)COP(=O)(O)O)OC(=O)CCCCCC[C@H]1C(=O)C[C@@H](O)[C@@H]1/C=C/[C@@H](O)CCCCC. The van der Waals surface area contributed by atoms with Gasteiger partial charge in [-0.05, 0) is 57.8 Å². The maximum Gasteiger partial charge on any atom is 0.472 e. The van der Waals surface area contributed by atoms with Crippen LogP contribution in [-0.2, 0) is 46.6 Å². The number of Topliss-reactive ketones (excluding diaryl/α,β-unsaturated/α-hetero) is 1. The summed E-state index contributed by atoms with van der Waals surface area (Å²) in [5.74, 6) is -1.88. The van der Waals surface area contributed by atoms with Crippen LogP contribution in [0.25, 0.3) is 0 Å². The average Bonchev–Trinajstić information content (AvgIpc) is 3.51. The standard InChI is InChI=1S/C46H82O16P2/c1-3-5-7-8-9-10-11-12-13-14-15-16-17-18-19-20-25-29-45(51)58-36-40(37-61-64(56,57)60-35-39(48)34-59-63(53,54)55)62-46(52)30-26-22-21-24-28-41-42(44(50)33-43(41)49)32-31-38(47)27-23-6-4-2/h9-10,12-13,31-32,38-42,44,47-48,50H,3-8,11,14-30,33-37H2,1-2H3,(H,56,57)(H2,53,54,55)/b10-9-,13-12-,32-31+/t38-,39-,40+,41+,42+,44+/m0/s1. The molecule has 0 aromatic carbocycles. The molecule has 0 bridgehead atoms. The van der Waals surface area contributed by atoms with Gasteiger partial charge in [0.25, 0.3) is 0 Å². The number of aliphatic hydroxyl groups excluding tert-OH is 3. The van der Waals surface area contributed by atoms with Crippen LogP contribution in [0.1, 0.15) is 174 Å². The van der Waals surface area contributed by atoms with Crippen molar-refractivity contribution in [3.8, 4) is 0 Å². The Morgan fingerprint density at radius 1 is 0.688 bits per heavy atom. The largest absolute Gasteiger partial charge is 0.472 e. The summed E-state index contributed by atoms with van der Waals surface area (Å²) >= 11 is 0. The normalized spacial score (nSPS) is 19.4. The van der Waals surface area contributed by atoms with Gasteiger partial charge in [0.15, 0.2) is 6.10 Å². The molecule has 0 heterocycles. The highest BCUT2D eigenvalue weighted by Crippen LogP contribution is 2.44. The minimum atomic E-state index is -4.90. The number of aliphatic hydroxyl groups is 3. The van der Waals surface area contributed by atoms with Crippen molar-refractivity contribution in [3.05, 3.63) is 36.5 Å². The van der Waals surface area contributed by atoms with Gasteiger partial charge in [-0.2, -0.15) is 0 Å². The highest BCUT2D eigenvalue weighted by molar-refractivity contribution is 7.47. The Morgan fingerprint density at radius 2 is 1.23 bits per heavy atom. The first-order valence-electron chi connectivity index (χ1n) is 23.8. The highest BCUT2D eigenvalue weighted by atomic mass is 31.2. The fourth-order valence-corrected chi connectivity index (χ4v) is 8.37. The number of phosphoric acid groups is 2. The summed E-state index contributed by atoms with van der Waals surface area (Å²) in [4.78, 5) is 65.7. The zero-order valence-corrected chi connectivity index (χ0v) is 40.4. The molecule has 372 valence electrons. The lowest BCUT2D eigenvalue weighted by Gasteiger charge is -2.20. The van der Waals surface area contributed by atoms with Crippen molar-refractivity contribution in [2.24, 2.45) is 11.8 Å². The second-order valence-corrected chi connectivity index (χ2v) is 19.5. The van der Waals surface area contributed by atoms with E-state index in [9.17, 15) is 43.7 Å². The molecule has 1 fully saturated rings. The third kappa shape index (κ3) is 33.4. The van der Waals surface area contributed by atoms with Gasteiger partial charge in [-0.1, -0.05) is 134 Å². The van der Waals surface area contributed by atoms with E-state index in [1.807, 2.05) is 0 Å². The minimum absolute atomic E-state index is 0.0000654. The molecule has 64 heavy (non-hydrogen) atoms. The molecule has 1 aliphatic carbocycles. The maximum atomic E-state index is 12.8. The number of hydrogen-bond acceptors (Lipinski definition) is 13. The fraction of sp³-hybridized carbons (Fsp3) is 0.804. The number of carbonyl (C=O) groups excluding carboxylic acids is 3. The lowest BCUT2D eigenvalue weighted by atomic mass is 9.88. The number of unbranched alkanes of at least 4 members (excludes halogenated alkanes) is 15. The van der Waals surface area contributed by atoms with Crippen molar-refractivity contribution in [3.63, 3.8) is 0 Å². The maximum absolute atomic E-state index is 12.8. The van der Waals surface area contributed by atoms with Crippen molar-refractivity contribution in [1.82, 2.24) is 0 Å². The summed E-state index contributed by atoms with van der Waals surface area (Å²) in [5, 5.41) is 30.5. The van der Waals surface area contributed by atoms with E-state index in [0.717, 1.165) is 77.0 Å². The van der Waals surface area contributed by atoms with E-state index >= 15 is 0 Å². The van der Waals surface area contributed by atoms with E-state index < -0.39 is 78.4 Å². The number of ketones is 1. The topological polar surface area (TPSA) is 253 Å². The van der Waals surface area contributed by atoms with Crippen molar-refractivity contribution >= 4 is 33.4 Å². The molecule has 18 heteroatoms. The molecule has 0 saturated heterocycles. The van der Waals surface area contributed by atoms with Crippen molar-refractivity contribution in [2.75, 3.05) is 26.4 Å². The van der Waals surface area contributed by atoms with Gasteiger partial charge in [-0.3, -0.25) is 28.0 Å². The zero-order chi connectivity index (χ0) is 47.5. The smallest absolute Gasteiger partial charge is 0.462 e. The van der Waals surface area contributed by atoms with Gasteiger partial charge in [0.2, 0.25) is 0 Å². The molecular formula is C46H82O16P2. The van der Waals surface area contributed by atoms with Crippen LogP contribution in [0.5, 0.6) is 0 Å². The quantitative estimate of drug-likeness (QED) is 0.0145. The summed E-state index contributed by atoms with van der Waals surface area (Å²) in [6.45, 7) is 1.36. The van der Waals surface area contributed by atoms with Crippen LogP contribution < -0.4 is 0 Å². The molecule has 16 nitrogen and oxygen atoms in total. The van der Waals surface area contributed by atoms with E-state index in [0.29, 0.717) is 44.9 Å². The van der Waals surface area contributed by atoms with Crippen molar-refractivity contribution in [2.45, 2.75) is 199 Å². The molecule has 0 spiro atoms. The van der Waals surface area contributed by atoms with Crippen LogP contribution in [0.4, 0.5) is 0 Å². The van der Waals surface area contributed by atoms with E-state index in [4.69, 9.17) is 23.8 Å². The Kier molecular flexibility index (Phi) is 34.6. The fourth-order valence-electron chi connectivity index (χ4n) is 7.22. The number of allylic oxidation sites excluding steroid dienone is 4. The number of rotatable bonds is 41. The van der Waals surface area contributed by atoms with Crippen LogP contribution in [0.2, 0.25) is 0 Å². The molecule has 0 aliphatic heterocycles. The lowest BCUT2D eigenvalue weighted by Crippen LogP contribution is -2.30. The molecule has 0 aromatic heterocycles. The molecule has 0 radical (unpaired) electrons. The van der Waals surface area contributed by atoms with Crippen LogP contribution in [0.3, 0.4) is 0 Å². The molecule has 1 rings (SSSR count). The summed E-state index contributed by atoms with van der Waals surface area (Å²) in [6.07, 6.45) is 28.8. The third-order valence-electron chi connectivity index (χ3n) is 10.9. The molecule has 7 atom stereocenters. The average molecular weight is 953 g/mol. The first kappa shape index (κ1) is 59.9. The molecule has 1 unspecified atom stereocenters. The number of phosphoric ester groups is 2. The second-order valence-electron chi connectivity index (χ2n) is 16.8. The minimum Gasteiger partial charge on any atom is -0.462 e. The molecule has 6 N–H and O–H groups in total. The van der Waals surface area contributed by atoms with Gasteiger partial charge in [-0.15, -0.1) is 0 Å². The van der Waals surface area contributed by atoms with Crippen LogP contribution in [0, 0.1) is 11.8 Å². The van der Waals surface area contributed by atoms with Crippen molar-refractivity contribution in [1.29, 1.82) is 0 Å². The van der Waals surface area contributed by atoms with E-state index in [1.54, 1.807) is 12.2 Å². The summed E-state index contributed by atoms with van der Waals surface area (Å²) in [5.41, 5.74) is 0. The number of ether oxygens (including phenoxy) is 2. The summed E-state index contributed by atoms with van der Waals surface area (Å²) in [6, 6.07) is 0. The molecule has 1 aliphatic rings. The van der Waals surface area contributed by atoms with Gasteiger partial charge in [0.1, 0.15) is 18.5 Å². The number of carbonyl (C=O) groups is 3. The first-order chi connectivity index (χ1) is 30.6. The Labute approximate surface area is 382 Å². The molecular weight excluding hydrogens is 870 g/mol. The Balaban J connectivity index is 2.51. The van der Waals surface area contributed by atoms with Gasteiger partial charge in [0.05, 0.1) is 32.0 Å². The summed E-state index contributed by atoms with van der Waals surface area (Å²) in [7, 11) is -9.78. The molecule has 0 amide bonds. The van der Waals surface area contributed by atoms with Crippen LogP contribution in [-0.4, -0.2) is 98.6 Å². The van der Waals surface area contributed by atoms with Gasteiger partial charge in [0, 0.05) is 31.1 Å². The van der Waals surface area contributed by atoms with Crippen molar-refractivity contribution < 1.29 is 76.6 Å². The first-order valence-corrected chi connectivity index (χ1v) is 26.8. The Hall–Kier alpha value is -2.07. The number of hydrogen-bond donors (Lipinski definition) is 6. The Morgan fingerprint density at radius 3 is 1.88 bits per heavy atom. The predicted molar refractivity (Wildman–Crippen MR) is 245 cm³/mol. The van der Waals surface area contributed by atoms with E-state index in [-0.39, 0.29) is 36.9 Å². The van der Waals surface area contributed by atoms with Crippen LogP contribution >= 0.6 is 15.6 Å². The van der Waals surface area contributed by atoms with Crippen LogP contribution in [0.15, 0.2) is 36.5 Å². The Bertz CT molecular complexity index is 1430. The molecule has 0 aromatic rings. The van der Waals surface area contributed by atoms with Gasteiger partial charge in [-0.25, -0.2) is 9.13 Å². The van der Waals surface area contributed by atoms with E-state index in [1.165, 1.54) is 19.3 Å². The second kappa shape index (κ2) is 37.0. The van der Waals surface area contributed by atoms with Gasteiger partial charge >= 0.3 is 27.6 Å². The summed E-state index contributed by atoms with van der Waals surface area (Å²) < 4.78 is 47.9. The van der Waals surface area contributed by atoms with Gasteiger partial charge < -0.3 is 39.5 Å². The van der Waals surface area contributed by atoms with E-state index in [2.05, 4.69) is 47.2 Å². The third-order valence-corrected chi connectivity index (χ3v) is 12.3. The number of esters is 2. The monoisotopic (exact) mass is 953 g/mol. The predicted octanol–water partition coefficient (Wildman–Crippen LogP) is 9.04.